The summed E-state index contributed by atoms with van der Waals surface area (Å²) in [5, 5.41) is 6.65. The zero-order chi connectivity index (χ0) is 17.1. The minimum absolute atomic E-state index is 0.129. The van der Waals surface area contributed by atoms with Crippen molar-refractivity contribution in [3.8, 4) is 0 Å². The van der Waals surface area contributed by atoms with E-state index in [1.54, 1.807) is 6.07 Å². The van der Waals surface area contributed by atoms with Gasteiger partial charge in [0.15, 0.2) is 0 Å². The molecule has 0 radical (unpaired) electrons. The van der Waals surface area contributed by atoms with Crippen LogP contribution in [-0.4, -0.2) is 37.6 Å². The molecule has 1 aromatic carbocycles. The standard InChI is InChI=1S/C19H28FN3O/c1-13-10-16(20)5-6-18(13)23-9-3-4-17(12-23)22-19(24)15-7-8-21-14(2)11-15/h5-6,10,14-15,17,21H,3-4,7-9,11-12H2,1-2H3,(H,22,24)/t14-,15-,17?/m0/s1. The minimum Gasteiger partial charge on any atom is -0.369 e. The molecule has 2 saturated heterocycles. The lowest BCUT2D eigenvalue weighted by molar-refractivity contribution is -0.126. The molecule has 3 atom stereocenters. The van der Waals surface area contributed by atoms with Crippen molar-refractivity contribution in [3.63, 3.8) is 0 Å². The van der Waals surface area contributed by atoms with Crippen LogP contribution in [0.25, 0.3) is 0 Å². The molecule has 2 fully saturated rings. The largest absolute Gasteiger partial charge is 0.369 e. The van der Waals surface area contributed by atoms with Crippen molar-refractivity contribution in [1.82, 2.24) is 10.6 Å². The molecule has 24 heavy (non-hydrogen) atoms. The average molecular weight is 333 g/mol. The van der Waals surface area contributed by atoms with Gasteiger partial charge in [-0.1, -0.05) is 0 Å². The summed E-state index contributed by atoms with van der Waals surface area (Å²) in [7, 11) is 0. The van der Waals surface area contributed by atoms with Gasteiger partial charge in [-0.3, -0.25) is 4.79 Å². The number of carbonyl (C=O) groups is 1. The molecule has 4 nitrogen and oxygen atoms in total. The van der Waals surface area contributed by atoms with Crippen LogP contribution in [0.5, 0.6) is 0 Å². The number of halogens is 1. The molecule has 0 aliphatic carbocycles. The van der Waals surface area contributed by atoms with Gasteiger partial charge in [-0.25, -0.2) is 4.39 Å². The Balaban J connectivity index is 1.60. The number of nitrogens with zero attached hydrogens (tertiary/aromatic N) is 1. The first-order valence-corrected chi connectivity index (χ1v) is 9.08. The number of aryl methyl sites for hydroxylation is 1. The topological polar surface area (TPSA) is 44.4 Å². The first-order valence-electron chi connectivity index (χ1n) is 9.08. The van der Waals surface area contributed by atoms with Crippen molar-refractivity contribution in [2.24, 2.45) is 5.92 Å². The summed E-state index contributed by atoms with van der Waals surface area (Å²) in [5.74, 6) is 0.133. The third-order valence-electron chi connectivity index (χ3n) is 5.26. The Hall–Kier alpha value is -1.62. The van der Waals surface area contributed by atoms with Crippen LogP contribution in [0, 0.1) is 18.7 Å². The number of benzene rings is 1. The van der Waals surface area contributed by atoms with Gasteiger partial charge in [0.2, 0.25) is 5.91 Å². The molecular formula is C19H28FN3O. The van der Waals surface area contributed by atoms with Gasteiger partial charge in [0, 0.05) is 36.8 Å². The zero-order valence-corrected chi connectivity index (χ0v) is 14.6. The quantitative estimate of drug-likeness (QED) is 0.894. The summed E-state index contributed by atoms with van der Waals surface area (Å²) in [4.78, 5) is 14.8. The molecule has 0 bridgehead atoms. The van der Waals surface area contributed by atoms with Crippen molar-refractivity contribution < 1.29 is 9.18 Å². The highest BCUT2D eigenvalue weighted by Crippen LogP contribution is 2.25. The van der Waals surface area contributed by atoms with Crippen LogP contribution in [-0.2, 0) is 4.79 Å². The van der Waals surface area contributed by atoms with Gasteiger partial charge in [-0.2, -0.15) is 0 Å². The minimum atomic E-state index is -0.196. The van der Waals surface area contributed by atoms with E-state index in [-0.39, 0.29) is 23.7 Å². The first-order chi connectivity index (χ1) is 11.5. The fourth-order valence-corrected chi connectivity index (χ4v) is 3.98. The normalized spacial score (nSPS) is 27.8. The fourth-order valence-electron chi connectivity index (χ4n) is 3.98. The number of rotatable bonds is 3. The molecule has 2 heterocycles. The molecule has 2 aliphatic heterocycles. The van der Waals surface area contributed by atoms with Crippen LogP contribution in [0.1, 0.15) is 38.2 Å². The highest BCUT2D eigenvalue weighted by atomic mass is 19.1. The van der Waals surface area contributed by atoms with Crippen LogP contribution in [0.2, 0.25) is 0 Å². The smallest absolute Gasteiger partial charge is 0.223 e. The second-order valence-corrected chi connectivity index (χ2v) is 7.30. The van der Waals surface area contributed by atoms with E-state index in [9.17, 15) is 9.18 Å². The summed E-state index contributed by atoms with van der Waals surface area (Å²) < 4.78 is 13.3. The van der Waals surface area contributed by atoms with Gasteiger partial charge in [0.05, 0.1) is 0 Å². The lowest BCUT2D eigenvalue weighted by Gasteiger charge is -2.36. The SMILES string of the molecule is Cc1cc(F)ccc1N1CCCC(NC(=O)[C@H]2CCN[C@@H](C)C2)C1. The number of nitrogens with one attached hydrogen (secondary N) is 2. The van der Waals surface area contributed by atoms with Gasteiger partial charge < -0.3 is 15.5 Å². The summed E-state index contributed by atoms with van der Waals surface area (Å²) in [6.45, 7) is 6.77. The average Bonchev–Trinajstić information content (AvgIpc) is 2.55. The van der Waals surface area contributed by atoms with Gasteiger partial charge in [-0.05, 0) is 69.8 Å². The molecule has 1 unspecified atom stereocenters. The van der Waals surface area contributed by atoms with Crippen molar-refractivity contribution in [3.05, 3.63) is 29.6 Å². The molecule has 1 amide bonds. The maximum atomic E-state index is 13.3. The summed E-state index contributed by atoms with van der Waals surface area (Å²) in [5.41, 5.74) is 2.03. The van der Waals surface area contributed by atoms with Crippen molar-refractivity contribution in [2.45, 2.75) is 51.6 Å². The van der Waals surface area contributed by atoms with E-state index in [1.165, 1.54) is 6.07 Å². The van der Waals surface area contributed by atoms with Gasteiger partial charge in [0.1, 0.15) is 5.82 Å². The zero-order valence-electron chi connectivity index (χ0n) is 14.6. The van der Waals surface area contributed by atoms with Crippen LogP contribution in [0.4, 0.5) is 10.1 Å². The monoisotopic (exact) mass is 333 g/mol. The third kappa shape index (κ3) is 4.07. The van der Waals surface area contributed by atoms with Crippen molar-refractivity contribution in [2.75, 3.05) is 24.5 Å². The summed E-state index contributed by atoms with van der Waals surface area (Å²) >= 11 is 0. The Labute approximate surface area is 143 Å². The molecule has 2 N–H and O–H groups in total. The second-order valence-electron chi connectivity index (χ2n) is 7.30. The number of anilines is 1. The van der Waals surface area contributed by atoms with E-state index < -0.39 is 0 Å². The molecule has 0 saturated carbocycles. The Morgan fingerprint density at radius 1 is 1.38 bits per heavy atom. The molecule has 0 spiro atoms. The molecular weight excluding hydrogens is 305 g/mol. The van der Waals surface area contributed by atoms with Gasteiger partial charge >= 0.3 is 0 Å². The number of amides is 1. The Morgan fingerprint density at radius 2 is 2.21 bits per heavy atom. The predicted molar refractivity (Wildman–Crippen MR) is 94.7 cm³/mol. The molecule has 2 aliphatic rings. The van der Waals surface area contributed by atoms with Crippen molar-refractivity contribution >= 4 is 11.6 Å². The maximum absolute atomic E-state index is 13.3. The molecule has 1 aromatic rings. The molecule has 5 heteroatoms. The predicted octanol–water partition coefficient (Wildman–Crippen LogP) is 2.61. The van der Waals surface area contributed by atoms with E-state index in [0.29, 0.717) is 6.04 Å². The van der Waals surface area contributed by atoms with Crippen molar-refractivity contribution in [1.29, 1.82) is 0 Å². The maximum Gasteiger partial charge on any atom is 0.223 e. The van der Waals surface area contributed by atoms with E-state index in [4.69, 9.17) is 0 Å². The van der Waals surface area contributed by atoms with E-state index in [2.05, 4.69) is 22.5 Å². The van der Waals surface area contributed by atoms with E-state index >= 15 is 0 Å². The second kappa shape index (κ2) is 7.51. The molecule has 132 valence electrons. The first kappa shape index (κ1) is 17.2. The molecule has 3 rings (SSSR count). The van der Waals surface area contributed by atoms with Gasteiger partial charge in [-0.15, -0.1) is 0 Å². The lowest BCUT2D eigenvalue weighted by Crippen LogP contribution is -2.51. The molecule has 0 aromatic heterocycles. The van der Waals surface area contributed by atoms with Crippen LogP contribution < -0.4 is 15.5 Å². The van der Waals surface area contributed by atoms with E-state index in [1.807, 2.05) is 13.0 Å². The number of piperidine rings is 2. The van der Waals surface area contributed by atoms with Crippen LogP contribution in [0.3, 0.4) is 0 Å². The number of carbonyl (C=O) groups excluding carboxylic acids is 1. The van der Waals surface area contributed by atoms with Crippen LogP contribution in [0.15, 0.2) is 18.2 Å². The van der Waals surface area contributed by atoms with E-state index in [0.717, 1.165) is 56.6 Å². The highest BCUT2D eigenvalue weighted by Gasteiger charge is 2.28. The highest BCUT2D eigenvalue weighted by molar-refractivity contribution is 5.79. The third-order valence-corrected chi connectivity index (χ3v) is 5.26. The Bertz CT molecular complexity index is 592. The Kier molecular flexibility index (Phi) is 5.39. The number of hydrogen-bond donors (Lipinski definition) is 2. The lowest BCUT2D eigenvalue weighted by atomic mass is 9.92. The Morgan fingerprint density at radius 3 is 2.96 bits per heavy atom. The fraction of sp³-hybridized carbons (Fsp3) is 0.632. The summed E-state index contributed by atoms with van der Waals surface area (Å²) in [6, 6.07) is 5.54. The summed E-state index contributed by atoms with van der Waals surface area (Å²) in [6.07, 6.45) is 3.90. The van der Waals surface area contributed by atoms with Crippen LogP contribution >= 0.6 is 0 Å². The van der Waals surface area contributed by atoms with Gasteiger partial charge in [0.25, 0.3) is 0 Å². The number of hydrogen-bond acceptors (Lipinski definition) is 3.